The number of halogens is 2. The fourth-order valence-corrected chi connectivity index (χ4v) is 4.93. The van der Waals surface area contributed by atoms with Crippen molar-refractivity contribution < 1.29 is 9.50 Å². The van der Waals surface area contributed by atoms with Crippen LogP contribution in [-0.4, -0.2) is 30.1 Å². The number of benzene rings is 1. The minimum absolute atomic E-state index is 0.0465. The molecule has 116 valence electrons. The van der Waals surface area contributed by atoms with Gasteiger partial charge in [-0.05, 0) is 62.2 Å². The number of fused-ring (bicyclic) bond motifs is 1. The quantitative estimate of drug-likeness (QED) is 0.773. The number of alkyl halides is 1. The minimum Gasteiger partial charge on any atom is -0.384 e. The van der Waals surface area contributed by atoms with Gasteiger partial charge in [-0.3, -0.25) is 0 Å². The van der Waals surface area contributed by atoms with Crippen LogP contribution in [0.5, 0.6) is 0 Å². The van der Waals surface area contributed by atoms with E-state index in [1.807, 2.05) is 6.07 Å². The zero-order chi connectivity index (χ0) is 15.4. The van der Waals surface area contributed by atoms with E-state index in [1.54, 1.807) is 0 Å². The fraction of sp³-hybridized carbons (Fsp3) is 0.647. The van der Waals surface area contributed by atoms with Crippen molar-refractivity contribution in [2.75, 3.05) is 20.1 Å². The molecule has 1 aromatic rings. The van der Waals surface area contributed by atoms with Gasteiger partial charge in [-0.2, -0.15) is 0 Å². The zero-order valence-corrected chi connectivity index (χ0v) is 14.5. The van der Waals surface area contributed by atoms with Gasteiger partial charge in [0.15, 0.2) is 0 Å². The van der Waals surface area contributed by atoms with Gasteiger partial charge < -0.3 is 10.0 Å². The summed E-state index contributed by atoms with van der Waals surface area (Å²) in [4.78, 5) is 2.34. The summed E-state index contributed by atoms with van der Waals surface area (Å²) in [6.07, 6.45) is 1.90. The van der Waals surface area contributed by atoms with Crippen LogP contribution in [0.3, 0.4) is 0 Å². The molecule has 1 aliphatic carbocycles. The van der Waals surface area contributed by atoms with Crippen molar-refractivity contribution in [2.24, 2.45) is 11.3 Å². The molecule has 1 N–H and O–H groups in total. The molecule has 21 heavy (non-hydrogen) atoms. The zero-order valence-electron chi connectivity index (χ0n) is 12.9. The SMILES string of the molecule is CN1CCC(C2(O)c3cc(F)ccc3C(Br)C2(C)C)CC1. The molecule has 0 amide bonds. The van der Waals surface area contributed by atoms with Crippen LogP contribution in [0, 0.1) is 17.2 Å². The van der Waals surface area contributed by atoms with Gasteiger partial charge in [-0.25, -0.2) is 4.39 Å². The lowest BCUT2D eigenvalue weighted by molar-refractivity contribution is -0.122. The van der Waals surface area contributed by atoms with Crippen LogP contribution in [0.4, 0.5) is 4.39 Å². The fourth-order valence-electron chi connectivity index (χ4n) is 4.18. The Hall–Kier alpha value is -0.450. The Balaban J connectivity index is 2.09. The van der Waals surface area contributed by atoms with E-state index in [2.05, 4.69) is 41.7 Å². The second-order valence-corrected chi connectivity index (χ2v) is 8.08. The molecule has 2 nitrogen and oxygen atoms in total. The molecule has 4 heteroatoms. The maximum Gasteiger partial charge on any atom is 0.123 e. The van der Waals surface area contributed by atoms with Gasteiger partial charge in [-0.1, -0.05) is 35.8 Å². The Morgan fingerprint density at radius 2 is 1.90 bits per heavy atom. The highest BCUT2D eigenvalue weighted by atomic mass is 79.9. The lowest BCUT2D eigenvalue weighted by Crippen LogP contribution is -2.49. The van der Waals surface area contributed by atoms with E-state index in [4.69, 9.17) is 0 Å². The van der Waals surface area contributed by atoms with Gasteiger partial charge in [0.2, 0.25) is 0 Å². The molecule has 1 aliphatic heterocycles. The molecule has 2 aliphatic rings. The maximum absolute atomic E-state index is 13.8. The normalized spacial score (nSPS) is 33.1. The summed E-state index contributed by atoms with van der Waals surface area (Å²) in [6, 6.07) is 4.85. The lowest BCUT2D eigenvalue weighted by Gasteiger charge is -2.47. The number of piperidine rings is 1. The average molecular weight is 356 g/mol. The standard InChI is InChI=1S/C17H23BrFNO/c1-16(2)15(18)13-5-4-12(19)10-14(13)17(16,21)11-6-8-20(3)9-7-11/h4-5,10-11,15,21H,6-9H2,1-3H3. The van der Waals surface area contributed by atoms with Crippen molar-refractivity contribution in [2.45, 2.75) is 37.1 Å². The highest BCUT2D eigenvalue weighted by Crippen LogP contribution is 2.63. The second-order valence-electron chi connectivity index (χ2n) is 7.16. The van der Waals surface area contributed by atoms with Crippen molar-refractivity contribution >= 4 is 15.9 Å². The van der Waals surface area contributed by atoms with E-state index >= 15 is 0 Å². The van der Waals surface area contributed by atoms with E-state index < -0.39 is 5.60 Å². The van der Waals surface area contributed by atoms with E-state index in [0.29, 0.717) is 0 Å². The lowest BCUT2D eigenvalue weighted by atomic mass is 9.65. The average Bonchev–Trinajstić information content (AvgIpc) is 2.59. The first kappa shape index (κ1) is 15.4. The summed E-state index contributed by atoms with van der Waals surface area (Å²) >= 11 is 3.74. The van der Waals surface area contributed by atoms with Crippen LogP contribution in [0.1, 0.15) is 42.6 Å². The largest absolute Gasteiger partial charge is 0.384 e. The Labute approximate surface area is 134 Å². The van der Waals surface area contributed by atoms with Crippen molar-refractivity contribution in [3.8, 4) is 0 Å². The van der Waals surface area contributed by atoms with Gasteiger partial charge >= 0.3 is 0 Å². The van der Waals surface area contributed by atoms with E-state index in [-0.39, 0.29) is 22.0 Å². The van der Waals surface area contributed by atoms with Crippen molar-refractivity contribution in [1.82, 2.24) is 4.90 Å². The summed E-state index contributed by atoms with van der Waals surface area (Å²) in [5, 5.41) is 11.7. The minimum atomic E-state index is -0.972. The number of rotatable bonds is 1. The summed E-state index contributed by atoms with van der Waals surface area (Å²) in [7, 11) is 2.11. The number of nitrogens with zero attached hydrogens (tertiary/aromatic N) is 1. The third-order valence-corrected chi connectivity index (χ3v) is 7.26. The third kappa shape index (κ3) is 2.10. The van der Waals surface area contributed by atoms with Crippen LogP contribution in [-0.2, 0) is 5.60 Å². The first-order chi connectivity index (χ1) is 9.78. The van der Waals surface area contributed by atoms with Crippen LogP contribution >= 0.6 is 15.9 Å². The Morgan fingerprint density at radius 1 is 1.29 bits per heavy atom. The van der Waals surface area contributed by atoms with Crippen molar-refractivity contribution in [3.63, 3.8) is 0 Å². The van der Waals surface area contributed by atoms with Gasteiger partial charge in [0, 0.05) is 10.2 Å². The molecular weight excluding hydrogens is 333 g/mol. The van der Waals surface area contributed by atoms with Crippen LogP contribution in [0.25, 0.3) is 0 Å². The molecule has 1 heterocycles. The molecular formula is C17H23BrFNO. The molecule has 3 rings (SSSR count). The topological polar surface area (TPSA) is 23.5 Å². The van der Waals surface area contributed by atoms with Gasteiger partial charge in [0.25, 0.3) is 0 Å². The van der Waals surface area contributed by atoms with Crippen molar-refractivity contribution in [3.05, 3.63) is 35.1 Å². The van der Waals surface area contributed by atoms with Crippen LogP contribution in [0.15, 0.2) is 18.2 Å². The third-order valence-electron chi connectivity index (χ3n) is 5.62. The number of hydrogen-bond donors (Lipinski definition) is 1. The Kier molecular flexibility index (Phi) is 3.70. The number of hydrogen-bond acceptors (Lipinski definition) is 2. The summed E-state index contributed by atoms with van der Waals surface area (Å²) in [5.74, 6) is -0.0932. The molecule has 1 fully saturated rings. The Morgan fingerprint density at radius 3 is 2.52 bits per heavy atom. The summed E-state index contributed by atoms with van der Waals surface area (Å²) in [5.41, 5.74) is 0.482. The second kappa shape index (κ2) is 5.04. The van der Waals surface area contributed by atoms with E-state index in [0.717, 1.165) is 37.1 Å². The first-order valence-electron chi connectivity index (χ1n) is 7.63. The molecule has 1 aromatic carbocycles. The van der Waals surface area contributed by atoms with E-state index in [1.165, 1.54) is 12.1 Å². The highest BCUT2D eigenvalue weighted by Gasteiger charge is 2.59. The molecule has 0 aromatic heterocycles. The molecule has 0 bridgehead atoms. The van der Waals surface area contributed by atoms with Crippen LogP contribution < -0.4 is 0 Å². The molecule has 1 saturated heterocycles. The Bertz CT molecular complexity index is 554. The monoisotopic (exact) mass is 355 g/mol. The molecule has 0 radical (unpaired) electrons. The number of aliphatic hydroxyl groups is 1. The van der Waals surface area contributed by atoms with Gasteiger partial charge in [0.05, 0.1) is 5.60 Å². The molecule has 0 saturated carbocycles. The molecule has 2 atom stereocenters. The molecule has 0 spiro atoms. The predicted molar refractivity (Wildman–Crippen MR) is 86.0 cm³/mol. The van der Waals surface area contributed by atoms with Crippen molar-refractivity contribution in [1.29, 1.82) is 0 Å². The number of likely N-dealkylation sites (tertiary alicyclic amines) is 1. The van der Waals surface area contributed by atoms with Gasteiger partial charge in [0.1, 0.15) is 5.82 Å². The van der Waals surface area contributed by atoms with Gasteiger partial charge in [-0.15, -0.1) is 0 Å². The summed E-state index contributed by atoms with van der Waals surface area (Å²) in [6.45, 7) is 6.15. The van der Waals surface area contributed by atoms with Crippen LogP contribution in [0.2, 0.25) is 0 Å². The van der Waals surface area contributed by atoms with E-state index in [9.17, 15) is 9.50 Å². The highest BCUT2D eigenvalue weighted by molar-refractivity contribution is 9.09. The predicted octanol–water partition coefficient (Wildman–Crippen LogP) is 3.83. The maximum atomic E-state index is 13.8. The smallest absolute Gasteiger partial charge is 0.123 e. The summed E-state index contributed by atoms with van der Waals surface area (Å²) < 4.78 is 13.8. The first-order valence-corrected chi connectivity index (χ1v) is 8.55. The molecule has 2 unspecified atom stereocenters.